The van der Waals surface area contributed by atoms with Crippen molar-refractivity contribution in [3.05, 3.63) is 70.0 Å². The minimum Gasteiger partial charge on any atom is -0.341 e. The molecule has 4 rings (SSSR count). The van der Waals surface area contributed by atoms with Gasteiger partial charge in [0.25, 0.3) is 5.56 Å². The number of hydrogen-bond acceptors (Lipinski definition) is 4. The summed E-state index contributed by atoms with van der Waals surface area (Å²) in [4.78, 5) is 32.0. The van der Waals surface area contributed by atoms with Crippen LogP contribution in [-0.4, -0.2) is 28.7 Å². The fourth-order valence-electron chi connectivity index (χ4n) is 3.41. The summed E-state index contributed by atoms with van der Waals surface area (Å²) < 4.78 is 27.9. The Kier molecular flexibility index (Phi) is 4.77. The van der Waals surface area contributed by atoms with Crippen molar-refractivity contribution in [3.63, 3.8) is 0 Å². The standard InChI is InChI=1S/C20H18F2N4O2/c21-14-9-13(10-15(22)12-14)11-18(27)24-26-19(28)16-5-1-2-6-17(16)23-20(26)25-7-3-4-8-25/h1-2,5-6,9-10,12H,3-4,7-8,11H2,(H,24,27). The fraction of sp³-hybridized carbons (Fsp3) is 0.250. The van der Waals surface area contributed by atoms with Crippen molar-refractivity contribution in [2.45, 2.75) is 19.3 Å². The number of benzene rings is 2. The molecule has 3 aromatic rings. The van der Waals surface area contributed by atoms with Crippen molar-refractivity contribution in [2.75, 3.05) is 23.4 Å². The van der Waals surface area contributed by atoms with E-state index in [4.69, 9.17) is 0 Å². The Morgan fingerprint density at radius 2 is 1.75 bits per heavy atom. The van der Waals surface area contributed by atoms with Crippen LogP contribution in [-0.2, 0) is 11.2 Å². The third-order valence-electron chi connectivity index (χ3n) is 4.67. The lowest BCUT2D eigenvalue weighted by Crippen LogP contribution is -2.39. The Bertz CT molecular complexity index is 1090. The number of carbonyl (C=O) groups is 1. The van der Waals surface area contributed by atoms with Gasteiger partial charge in [0.15, 0.2) is 0 Å². The number of nitrogens with zero attached hydrogens (tertiary/aromatic N) is 3. The van der Waals surface area contributed by atoms with E-state index in [0.717, 1.165) is 48.8 Å². The van der Waals surface area contributed by atoms with E-state index < -0.39 is 23.1 Å². The van der Waals surface area contributed by atoms with Gasteiger partial charge in [-0.3, -0.25) is 15.0 Å². The molecule has 0 radical (unpaired) electrons. The first kappa shape index (κ1) is 18.1. The molecule has 2 heterocycles. The smallest absolute Gasteiger partial charge is 0.281 e. The van der Waals surface area contributed by atoms with Gasteiger partial charge in [-0.25, -0.2) is 13.8 Å². The maximum absolute atomic E-state index is 13.4. The van der Waals surface area contributed by atoms with E-state index in [-0.39, 0.29) is 12.0 Å². The molecule has 1 fully saturated rings. The molecule has 0 aliphatic carbocycles. The Morgan fingerprint density at radius 1 is 1.07 bits per heavy atom. The quantitative estimate of drug-likeness (QED) is 0.751. The second-order valence-electron chi connectivity index (χ2n) is 6.75. The summed E-state index contributed by atoms with van der Waals surface area (Å²) in [6.45, 7) is 1.46. The van der Waals surface area contributed by atoms with Crippen LogP contribution in [0.2, 0.25) is 0 Å². The third kappa shape index (κ3) is 3.58. The molecule has 144 valence electrons. The summed E-state index contributed by atoms with van der Waals surface area (Å²) in [5.41, 5.74) is 2.88. The zero-order valence-electron chi connectivity index (χ0n) is 15.0. The van der Waals surface area contributed by atoms with Crippen LogP contribution >= 0.6 is 0 Å². The summed E-state index contributed by atoms with van der Waals surface area (Å²) in [6, 6.07) is 9.83. The van der Waals surface area contributed by atoms with Gasteiger partial charge in [0.1, 0.15) is 11.6 Å². The Labute approximate surface area is 159 Å². The third-order valence-corrected chi connectivity index (χ3v) is 4.67. The van der Waals surface area contributed by atoms with Crippen LogP contribution in [0.1, 0.15) is 18.4 Å². The molecule has 1 aliphatic rings. The highest BCUT2D eigenvalue weighted by atomic mass is 19.1. The SMILES string of the molecule is O=C(Cc1cc(F)cc(F)c1)Nn1c(N2CCCC2)nc2ccccc2c1=O. The summed E-state index contributed by atoms with van der Waals surface area (Å²) in [5.74, 6) is -1.72. The van der Waals surface area contributed by atoms with Gasteiger partial charge in [0.05, 0.1) is 17.3 Å². The molecule has 1 N–H and O–H groups in total. The molecule has 1 aromatic heterocycles. The molecule has 1 saturated heterocycles. The van der Waals surface area contributed by atoms with Crippen molar-refractivity contribution in [1.82, 2.24) is 9.66 Å². The van der Waals surface area contributed by atoms with Crippen molar-refractivity contribution >= 4 is 22.8 Å². The molecule has 1 aliphatic heterocycles. The lowest BCUT2D eigenvalue weighted by Gasteiger charge is -2.22. The molecule has 6 nitrogen and oxygen atoms in total. The molecule has 2 aromatic carbocycles. The zero-order valence-corrected chi connectivity index (χ0v) is 15.0. The summed E-state index contributed by atoms with van der Waals surface area (Å²) in [6.07, 6.45) is 1.67. The lowest BCUT2D eigenvalue weighted by atomic mass is 10.1. The van der Waals surface area contributed by atoms with E-state index in [1.54, 1.807) is 24.3 Å². The van der Waals surface area contributed by atoms with E-state index in [2.05, 4.69) is 10.4 Å². The number of carbonyl (C=O) groups excluding carboxylic acids is 1. The summed E-state index contributed by atoms with van der Waals surface area (Å²) in [5, 5.41) is 0.377. The first-order valence-corrected chi connectivity index (χ1v) is 9.03. The number of fused-ring (bicyclic) bond motifs is 1. The van der Waals surface area contributed by atoms with E-state index in [1.165, 1.54) is 0 Å². The molecule has 0 bridgehead atoms. The second kappa shape index (κ2) is 7.38. The fourth-order valence-corrected chi connectivity index (χ4v) is 3.41. The maximum atomic E-state index is 13.4. The predicted molar refractivity (Wildman–Crippen MR) is 102 cm³/mol. The highest BCUT2D eigenvalue weighted by Gasteiger charge is 2.21. The molecule has 0 saturated carbocycles. The molecule has 0 spiro atoms. The van der Waals surface area contributed by atoms with Crippen LogP contribution in [0.5, 0.6) is 0 Å². The first-order valence-electron chi connectivity index (χ1n) is 9.03. The van der Waals surface area contributed by atoms with E-state index in [1.807, 2.05) is 4.90 Å². The predicted octanol–water partition coefficient (Wildman–Crippen LogP) is 2.59. The minimum atomic E-state index is -0.759. The molecular formula is C20H18F2N4O2. The van der Waals surface area contributed by atoms with Crippen LogP contribution in [0.4, 0.5) is 14.7 Å². The lowest BCUT2D eigenvalue weighted by molar-refractivity contribution is -0.116. The first-order chi connectivity index (χ1) is 13.5. The highest BCUT2D eigenvalue weighted by molar-refractivity contribution is 5.87. The van der Waals surface area contributed by atoms with E-state index >= 15 is 0 Å². The molecular weight excluding hydrogens is 366 g/mol. The number of amides is 1. The largest absolute Gasteiger partial charge is 0.341 e. The number of anilines is 1. The van der Waals surface area contributed by atoms with Gasteiger partial charge in [-0.05, 0) is 42.7 Å². The van der Waals surface area contributed by atoms with E-state index in [0.29, 0.717) is 16.9 Å². The van der Waals surface area contributed by atoms with Gasteiger partial charge in [-0.1, -0.05) is 12.1 Å². The maximum Gasteiger partial charge on any atom is 0.281 e. The normalized spacial score (nSPS) is 13.9. The summed E-state index contributed by atoms with van der Waals surface area (Å²) in [7, 11) is 0. The average Bonchev–Trinajstić information content (AvgIpc) is 3.17. The summed E-state index contributed by atoms with van der Waals surface area (Å²) >= 11 is 0. The van der Waals surface area contributed by atoms with Crippen molar-refractivity contribution in [3.8, 4) is 0 Å². The number of para-hydroxylation sites is 1. The van der Waals surface area contributed by atoms with Gasteiger partial charge in [-0.15, -0.1) is 0 Å². The number of nitrogens with one attached hydrogen (secondary N) is 1. The van der Waals surface area contributed by atoms with Crippen LogP contribution in [0.3, 0.4) is 0 Å². The number of rotatable bonds is 4. The van der Waals surface area contributed by atoms with Gasteiger partial charge in [0, 0.05) is 19.2 Å². The number of aromatic nitrogens is 2. The molecule has 28 heavy (non-hydrogen) atoms. The second-order valence-corrected chi connectivity index (χ2v) is 6.75. The van der Waals surface area contributed by atoms with Crippen molar-refractivity contribution < 1.29 is 13.6 Å². The topological polar surface area (TPSA) is 67.2 Å². The zero-order chi connectivity index (χ0) is 19.7. The van der Waals surface area contributed by atoms with Crippen LogP contribution < -0.4 is 15.9 Å². The average molecular weight is 384 g/mol. The minimum absolute atomic E-state index is 0.180. The number of hydrogen-bond donors (Lipinski definition) is 1. The van der Waals surface area contributed by atoms with Crippen molar-refractivity contribution in [1.29, 1.82) is 0 Å². The van der Waals surface area contributed by atoms with Crippen molar-refractivity contribution in [2.24, 2.45) is 0 Å². The molecule has 1 amide bonds. The van der Waals surface area contributed by atoms with Crippen LogP contribution in [0.25, 0.3) is 10.9 Å². The Balaban J connectivity index is 1.70. The van der Waals surface area contributed by atoms with Gasteiger partial charge in [-0.2, -0.15) is 4.68 Å². The van der Waals surface area contributed by atoms with Gasteiger partial charge < -0.3 is 4.90 Å². The van der Waals surface area contributed by atoms with E-state index in [9.17, 15) is 18.4 Å². The van der Waals surface area contributed by atoms with Gasteiger partial charge in [0.2, 0.25) is 11.9 Å². The molecule has 8 heteroatoms. The monoisotopic (exact) mass is 384 g/mol. The van der Waals surface area contributed by atoms with Gasteiger partial charge >= 0.3 is 0 Å². The van der Waals surface area contributed by atoms with Crippen LogP contribution in [0, 0.1) is 11.6 Å². The Morgan fingerprint density at radius 3 is 2.46 bits per heavy atom. The Hall–Kier alpha value is -3.29. The molecule has 0 unspecified atom stereocenters. The van der Waals surface area contributed by atoms with Crippen LogP contribution in [0.15, 0.2) is 47.3 Å². The molecule has 0 atom stereocenters. The highest BCUT2D eigenvalue weighted by Crippen LogP contribution is 2.19. The number of halogens is 2.